The Hall–Kier alpha value is -3.22. The number of aromatic carboxylic acids is 1. The molecule has 2 aromatic carbocycles. The molecule has 0 aliphatic heterocycles. The molecule has 0 saturated carbocycles. The molecule has 0 saturated heterocycles. The lowest BCUT2D eigenvalue weighted by Crippen LogP contribution is -2.46. The van der Waals surface area contributed by atoms with Gasteiger partial charge < -0.3 is 16.2 Å². The Kier molecular flexibility index (Phi) is 5.26. The third-order valence-electron chi connectivity index (χ3n) is 3.39. The average Bonchev–Trinajstić information content (AvgIpc) is 2.54. The number of hydrogen-bond donors (Lipinski definition) is 3. The molecule has 124 valence electrons. The second kappa shape index (κ2) is 7.36. The smallest absolute Gasteiger partial charge is 0.335 e. The van der Waals surface area contributed by atoms with Crippen molar-refractivity contribution in [2.24, 2.45) is 5.73 Å². The zero-order valence-corrected chi connectivity index (χ0v) is 12.5. The van der Waals surface area contributed by atoms with Crippen molar-refractivity contribution in [2.75, 3.05) is 0 Å². The Bertz CT molecular complexity index is 777. The predicted octanol–water partition coefficient (Wildman–Crippen LogP) is 1.35. The monoisotopic (exact) mass is 330 g/mol. The SMILES string of the molecule is NC(=O)C(Cc1ccccc1)NC(=O)c1ccc(C(=O)O)cc1F. The van der Waals surface area contributed by atoms with Crippen molar-refractivity contribution in [1.82, 2.24) is 5.32 Å². The van der Waals surface area contributed by atoms with Gasteiger partial charge >= 0.3 is 5.97 Å². The Labute approximate surface area is 137 Å². The van der Waals surface area contributed by atoms with Crippen LogP contribution in [0.3, 0.4) is 0 Å². The number of nitrogens with one attached hydrogen (secondary N) is 1. The van der Waals surface area contributed by atoms with E-state index in [-0.39, 0.29) is 17.5 Å². The van der Waals surface area contributed by atoms with Gasteiger partial charge in [0, 0.05) is 6.42 Å². The number of halogens is 1. The Morgan fingerprint density at radius 3 is 2.33 bits per heavy atom. The van der Waals surface area contributed by atoms with E-state index in [2.05, 4.69) is 5.32 Å². The third-order valence-corrected chi connectivity index (χ3v) is 3.39. The molecular formula is C17H15FN2O4. The van der Waals surface area contributed by atoms with Crippen LogP contribution >= 0.6 is 0 Å². The highest BCUT2D eigenvalue weighted by molar-refractivity contribution is 5.98. The topological polar surface area (TPSA) is 109 Å². The fourth-order valence-electron chi connectivity index (χ4n) is 2.14. The molecule has 24 heavy (non-hydrogen) atoms. The molecule has 0 aromatic heterocycles. The molecule has 7 heteroatoms. The highest BCUT2D eigenvalue weighted by Gasteiger charge is 2.21. The van der Waals surface area contributed by atoms with E-state index in [1.807, 2.05) is 0 Å². The summed E-state index contributed by atoms with van der Waals surface area (Å²) in [6.07, 6.45) is 0.163. The minimum Gasteiger partial charge on any atom is -0.478 e. The van der Waals surface area contributed by atoms with Gasteiger partial charge in [0.1, 0.15) is 11.9 Å². The van der Waals surface area contributed by atoms with Crippen molar-refractivity contribution in [3.8, 4) is 0 Å². The van der Waals surface area contributed by atoms with Crippen LogP contribution in [0.5, 0.6) is 0 Å². The number of benzene rings is 2. The van der Waals surface area contributed by atoms with Crippen LogP contribution in [0.2, 0.25) is 0 Å². The van der Waals surface area contributed by atoms with Gasteiger partial charge in [0.15, 0.2) is 0 Å². The first-order chi connectivity index (χ1) is 11.4. The zero-order valence-electron chi connectivity index (χ0n) is 12.5. The van der Waals surface area contributed by atoms with Gasteiger partial charge in [-0.2, -0.15) is 0 Å². The van der Waals surface area contributed by atoms with E-state index in [9.17, 15) is 18.8 Å². The first-order valence-corrected chi connectivity index (χ1v) is 7.05. The van der Waals surface area contributed by atoms with Gasteiger partial charge in [0.25, 0.3) is 5.91 Å². The van der Waals surface area contributed by atoms with Crippen LogP contribution in [-0.4, -0.2) is 28.9 Å². The van der Waals surface area contributed by atoms with Gasteiger partial charge in [-0.3, -0.25) is 9.59 Å². The summed E-state index contributed by atoms with van der Waals surface area (Å²) in [5.41, 5.74) is 5.43. The van der Waals surface area contributed by atoms with Gasteiger partial charge in [0.2, 0.25) is 5.91 Å². The molecule has 0 radical (unpaired) electrons. The van der Waals surface area contributed by atoms with Crippen LogP contribution in [0.15, 0.2) is 48.5 Å². The minimum absolute atomic E-state index is 0.163. The van der Waals surface area contributed by atoms with Gasteiger partial charge in [0.05, 0.1) is 11.1 Å². The molecule has 2 aromatic rings. The van der Waals surface area contributed by atoms with Crippen molar-refractivity contribution in [1.29, 1.82) is 0 Å². The van der Waals surface area contributed by atoms with Crippen molar-refractivity contribution >= 4 is 17.8 Å². The number of carboxylic acids is 1. The fourth-order valence-corrected chi connectivity index (χ4v) is 2.14. The molecule has 2 amide bonds. The van der Waals surface area contributed by atoms with Gasteiger partial charge in [-0.15, -0.1) is 0 Å². The van der Waals surface area contributed by atoms with Crippen LogP contribution in [0, 0.1) is 5.82 Å². The van der Waals surface area contributed by atoms with Crippen LogP contribution in [0.4, 0.5) is 4.39 Å². The van der Waals surface area contributed by atoms with Crippen molar-refractivity contribution < 1.29 is 23.9 Å². The number of hydrogen-bond acceptors (Lipinski definition) is 3. The molecule has 0 bridgehead atoms. The Morgan fingerprint density at radius 2 is 1.79 bits per heavy atom. The molecular weight excluding hydrogens is 315 g/mol. The molecule has 1 unspecified atom stereocenters. The van der Waals surface area contributed by atoms with Gasteiger partial charge in [-0.05, 0) is 23.8 Å². The molecule has 0 aliphatic carbocycles. The maximum Gasteiger partial charge on any atom is 0.335 e. The number of carboxylic acid groups (broad SMARTS) is 1. The van der Waals surface area contributed by atoms with E-state index in [0.717, 1.165) is 23.8 Å². The lowest BCUT2D eigenvalue weighted by Gasteiger charge is -2.16. The summed E-state index contributed by atoms with van der Waals surface area (Å²) in [6.45, 7) is 0. The van der Waals surface area contributed by atoms with Crippen LogP contribution in [-0.2, 0) is 11.2 Å². The Balaban J connectivity index is 2.16. The summed E-state index contributed by atoms with van der Waals surface area (Å²) >= 11 is 0. The summed E-state index contributed by atoms with van der Waals surface area (Å²) in [4.78, 5) is 34.5. The molecule has 0 heterocycles. The molecule has 6 nitrogen and oxygen atoms in total. The first-order valence-electron chi connectivity index (χ1n) is 7.05. The second-order valence-corrected chi connectivity index (χ2v) is 5.12. The molecule has 0 fully saturated rings. The second-order valence-electron chi connectivity index (χ2n) is 5.12. The minimum atomic E-state index is -1.31. The van der Waals surface area contributed by atoms with E-state index in [1.54, 1.807) is 30.3 Å². The van der Waals surface area contributed by atoms with Crippen molar-refractivity contribution in [3.63, 3.8) is 0 Å². The van der Waals surface area contributed by atoms with Gasteiger partial charge in [-0.25, -0.2) is 9.18 Å². The van der Waals surface area contributed by atoms with E-state index in [1.165, 1.54) is 0 Å². The quantitative estimate of drug-likeness (QED) is 0.742. The van der Waals surface area contributed by atoms with Crippen LogP contribution < -0.4 is 11.1 Å². The van der Waals surface area contributed by atoms with Crippen LogP contribution in [0.1, 0.15) is 26.3 Å². The van der Waals surface area contributed by atoms with Crippen molar-refractivity contribution in [2.45, 2.75) is 12.5 Å². The molecule has 0 aliphatic rings. The Morgan fingerprint density at radius 1 is 1.12 bits per heavy atom. The predicted molar refractivity (Wildman–Crippen MR) is 84.0 cm³/mol. The van der Waals surface area contributed by atoms with Crippen LogP contribution in [0.25, 0.3) is 0 Å². The van der Waals surface area contributed by atoms with E-state index < -0.39 is 29.6 Å². The summed E-state index contributed by atoms with van der Waals surface area (Å²) < 4.78 is 13.9. The first kappa shape index (κ1) is 17.1. The van der Waals surface area contributed by atoms with E-state index in [0.29, 0.717) is 0 Å². The third kappa shape index (κ3) is 4.16. The van der Waals surface area contributed by atoms with E-state index in [4.69, 9.17) is 10.8 Å². The molecule has 0 spiro atoms. The maximum atomic E-state index is 13.9. The number of nitrogens with two attached hydrogens (primary N) is 1. The molecule has 2 rings (SSSR count). The number of primary amides is 1. The standard InChI is InChI=1S/C17H15FN2O4/c18-13-9-11(17(23)24)6-7-12(13)16(22)20-14(15(19)21)8-10-4-2-1-3-5-10/h1-7,9,14H,8H2,(H2,19,21)(H,20,22)(H,23,24). The lowest BCUT2D eigenvalue weighted by atomic mass is 10.0. The molecule has 1 atom stereocenters. The zero-order chi connectivity index (χ0) is 17.7. The maximum absolute atomic E-state index is 13.9. The van der Waals surface area contributed by atoms with E-state index >= 15 is 0 Å². The highest BCUT2D eigenvalue weighted by atomic mass is 19.1. The number of carbonyl (C=O) groups excluding carboxylic acids is 2. The fraction of sp³-hybridized carbons (Fsp3) is 0.118. The summed E-state index contributed by atoms with van der Waals surface area (Å²) in [5.74, 6) is -3.89. The number of amides is 2. The largest absolute Gasteiger partial charge is 0.478 e. The summed E-state index contributed by atoms with van der Waals surface area (Å²) in [5, 5.41) is 11.2. The normalized spacial score (nSPS) is 11.5. The average molecular weight is 330 g/mol. The van der Waals surface area contributed by atoms with Crippen molar-refractivity contribution in [3.05, 3.63) is 71.0 Å². The summed E-state index contributed by atoms with van der Waals surface area (Å²) in [7, 11) is 0. The summed E-state index contributed by atoms with van der Waals surface area (Å²) in [6, 6.07) is 10.8. The molecule has 4 N–H and O–H groups in total. The number of carbonyl (C=O) groups is 3. The number of rotatable bonds is 6. The highest BCUT2D eigenvalue weighted by Crippen LogP contribution is 2.12. The lowest BCUT2D eigenvalue weighted by molar-refractivity contribution is -0.119. The van der Waals surface area contributed by atoms with Gasteiger partial charge in [-0.1, -0.05) is 30.3 Å².